The van der Waals surface area contributed by atoms with E-state index >= 15 is 0 Å². The van der Waals surface area contributed by atoms with E-state index in [1.54, 1.807) is 17.2 Å². The van der Waals surface area contributed by atoms with E-state index in [2.05, 4.69) is 20.7 Å². The maximum atomic E-state index is 13.1. The third-order valence-electron chi connectivity index (χ3n) is 4.70. The van der Waals surface area contributed by atoms with Gasteiger partial charge in [-0.1, -0.05) is 0 Å². The number of rotatable bonds is 4. The zero-order chi connectivity index (χ0) is 19.0. The van der Waals surface area contributed by atoms with Crippen LogP contribution in [0.2, 0.25) is 0 Å². The lowest BCUT2D eigenvalue weighted by atomic mass is 10.1. The minimum Gasteiger partial charge on any atom is -0.359 e. The molecule has 0 unspecified atom stereocenters. The first-order chi connectivity index (χ1) is 12.3. The maximum absolute atomic E-state index is 13.1. The molecule has 2 amide bonds. The molecule has 1 aliphatic rings. The smallest absolute Gasteiger partial charge is 0.256 e. The molecule has 0 aromatic carbocycles. The third kappa shape index (κ3) is 3.26. The van der Waals surface area contributed by atoms with Crippen molar-refractivity contribution in [3.8, 4) is 0 Å². The molecule has 0 radical (unpaired) electrons. The fraction of sp³-hybridized carbons (Fsp3) is 0.444. The van der Waals surface area contributed by atoms with Gasteiger partial charge >= 0.3 is 0 Å². The fourth-order valence-corrected chi connectivity index (χ4v) is 3.05. The molecule has 0 spiro atoms. The Morgan fingerprint density at radius 2 is 2.12 bits per heavy atom. The lowest BCUT2D eigenvalue weighted by Gasteiger charge is -2.27. The molecular formula is C18H24N6O2. The predicted octanol–water partition coefficient (Wildman–Crippen LogP) is 1.85. The van der Waals surface area contributed by atoms with Crippen LogP contribution in [0.4, 0.5) is 11.5 Å². The Hall–Kier alpha value is -2.90. The number of aryl methyl sites for hydroxylation is 2. The third-order valence-corrected chi connectivity index (χ3v) is 4.70. The van der Waals surface area contributed by atoms with Gasteiger partial charge < -0.3 is 15.5 Å². The second-order valence-corrected chi connectivity index (χ2v) is 6.82. The van der Waals surface area contributed by atoms with E-state index in [4.69, 9.17) is 0 Å². The van der Waals surface area contributed by atoms with Gasteiger partial charge in [-0.2, -0.15) is 5.10 Å². The summed E-state index contributed by atoms with van der Waals surface area (Å²) >= 11 is 0. The fourth-order valence-electron chi connectivity index (χ4n) is 3.05. The Bertz CT molecular complexity index is 871. The standard InChI is InChI=1S/C18H24N6O2/c1-10(2)24(9-14-11(3)22-23(5)12(14)4)18(26)13-6-15-17(19-7-13)20-8-16(25)21-15/h6-7,10H,8-9H2,1-5H3,(H,19,20)(H,21,25). The zero-order valence-electron chi connectivity index (χ0n) is 15.8. The molecular weight excluding hydrogens is 332 g/mol. The minimum atomic E-state index is -0.147. The van der Waals surface area contributed by atoms with Gasteiger partial charge in [0, 0.05) is 37.1 Å². The van der Waals surface area contributed by atoms with Crippen molar-refractivity contribution in [3.63, 3.8) is 0 Å². The summed E-state index contributed by atoms with van der Waals surface area (Å²) in [7, 11) is 1.90. The molecule has 0 atom stereocenters. The summed E-state index contributed by atoms with van der Waals surface area (Å²) in [4.78, 5) is 30.7. The molecule has 1 aliphatic heterocycles. The van der Waals surface area contributed by atoms with Crippen molar-refractivity contribution < 1.29 is 9.59 Å². The van der Waals surface area contributed by atoms with E-state index in [-0.39, 0.29) is 24.4 Å². The van der Waals surface area contributed by atoms with Gasteiger partial charge in [-0.15, -0.1) is 0 Å². The average Bonchev–Trinajstić information content (AvgIpc) is 2.83. The van der Waals surface area contributed by atoms with Crippen molar-refractivity contribution in [1.82, 2.24) is 19.7 Å². The van der Waals surface area contributed by atoms with Crippen molar-refractivity contribution >= 4 is 23.3 Å². The van der Waals surface area contributed by atoms with Crippen molar-refractivity contribution in [2.45, 2.75) is 40.3 Å². The maximum Gasteiger partial charge on any atom is 0.256 e. The summed E-state index contributed by atoms with van der Waals surface area (Å²) in [5, 5.41) is 10.1. The SMILES string of the molecule is Cc1nn(C)c(C)c1CN(C(=O)c1cnc2c(c1)NC(=O)CN2)C(C)C. The van der Waals surface area contributed by atoms with Crippen LogP contribution in [0.15, 0.2) is 12.3 Å². The molecule has 8 heteroatoms. The molecule has 0 aliphatic carbocycles. The van der Waals surface area contributed by atoms with Crippen molar-refractivity contribution in [3.05, 3.63) is 34.8 Å². The first-order valence-corrected chi connectivity index (χ1v) is 8.61. The van der Waals surface area contributed by atoms with Crippen LogP contribution in [-0.4, -0.2) is 44.1 Å². The molecule has 26 heavy (non-hydrogen) atoms. The van der Waals surface area contributed by atoms with E-state index in [0.29, 0.717) is 23.6 Å². The molecule has 3 rings (SSSR count). The van der Waals surface area contributed by atoms with Gasteiger partial charge in [0.1, 0.15) is 5.82 Å². The Balaban J connectivity index is 1.90. The number of carbonyl (C=O) groups is 2. The average molecular weight is 356 g/mol. The number of amides is 2. The van der Waals surface area contributed by atoms with Crippen molar-refractivity contribution in [2.24, 2.45) is 7.05 Å². The van der Waals surface area contributed by atoms with E-state index in [9.17, 15) is 9.59 Å². The van der Waals surface area contributed by atoms with Gasteiger partial charge in [0.2, 0.25) is 5.91 Å². The Labute approximate surface area is 152 Å². The van der Waals surface area contributed by atoms with Gasteiger partial charge in [0.15, 0.2) is 0 Å². The van der Waals surface area contributed by atoms with E-state index in [0.717, 1.165) is 17.0 Å². The molecule has 0 saturated heterocycles. The van der Waals surface area contributed by atoms with Gasteiger partial charge in [0.25, 0.3) is 5.91 Å². The van der Waals surface area contributed by atoms with Crippen molar-refractivity contribution in [2.75, 3.05) is 17.2 Å². The largest absolute Gasteiger partial charge is 0.359 e. The van der Waals surface area contributed by atoms with E-state index < -0.39 is 0 Å². The van der Waals surface area contributed by atoms with Crippen LogP contribution in [0.1, 0.15) is 41.2 Å². The highest BCUT2D eigenvalue weighted by atomic mass is 16.2. The highest BCUT2D eigenvalue weighted by Crippen LogP contribution is 2.25. The highest BCUT2D eigenvalue weighted by Gasteiger charge is 2.24. The number of pyridine rings is 1. The highest BCUT2D eigenvalue weighted by molar-refractivity contribution is 6.02. The van der Waals surface area contributed by atoms with Crippen LogP contribution in [-0.2, 0) is 18.4 Å². The Kier molecular flexibility index (Phi) is 4.67. The number of carbonyl (C=O) groups excluding carboxylic acids is 2. The topological polar surface area (TPSA) is 92.2 Å². The number of nitrogens with zero attached hydrogens (tertiary/aromatic N) is 4. The summed E-state index contributed by atoms with van der Waals surface area (Å²) in [5.74, 6) is 0.306. The first kappa shape index (κ1) is 17.9. The quantitative estimate of drug-likeness (QED) is 0.872. The van der Waals surface area contributed by atoms with Crippen LogP contribution < -0.4 is 10.6 Å². The van der Waals surface area contributed by atoms with Crippen LogP contribution in [0.25, 0.3) is 0 Å². The molecule has 138 valence electrons. The summed E-state index contributed by atoms with van der Waals surface area (Å²) in [6, 6.07) is 1.68. The number of nitrogens with one attached hydrogen (secondary N) is 2. The molecule has 0 fully saturated rings. The molecule has 2 aromatic heterocycles. The summed E-state index contributed by atoms with van der Waals surface area (Å²) < 4.78 is 1.83. The molecule has 0 bridgehead atoms. The lowest BCUT2D eigenvalue weighted by Crippen LogP contribution is -2.37. The second kappa shape index (κ2) is 6.78. The van der Waals surface area contributed by atoms with Crippen LogP contribution in [0, 0.1) is 13.8 Å². The molecule has 2 N–H and O–H groups in total. The number of hydrogen-bond acceptors (Lipinski definition) is 5. The van der Waals surface area contributed by atoms with Gasteiger partial charge in [-0.05, 0) is 33.8 Å². The lowest BCUT2D eigenvalue weighted by molar-refractivity contribution is -0.114. The van der Waals surface area contributed by atoms with Crippen molar-refractivity contribution in [1.29, 1.82) is 0 Å². The second-order valence-electron chi connectivity index (χ2n) is 6.82. The van der Waals surface area contributed by atoms with E-state index in [1.165, 1.54) is 0 Å². The molecule has 2 aromatic rings. The monoisotopic (exact) mass is 356 g/mol. The van der Waals surface area contributed by atoms with Crippen LogP contribution in [0.3, 0.4) is 0 Å². The summed E-state index contributed by atoms with van der Waals surface area (Å²) in [6.45, 7) is 8.57. The Morgan fingerprint density at radius 3 is 2.73 bits per heavy atom. The Morgan fingerprint density at radius 1 is 1.38 bits per heavy atom. The van der Waals surface area contributed by atoms with Crippen LogP contribution >= 0.6 is 0 Å². The first-order valence-electron chi connectivity index (χ1n) is 8.61. The van der Waals surface area contributed by atoms with E-state index in [1.807, 2.05) is 39.4 Å². The molecule has 8 nitrogen and oxygen atoms in total. The number of fused-ring (bicyclic) bond motifs is 1. The van der Waals surface area contributed by atoms with Crippen LogP contribution in [0.5, 0.6) is 0 Å². The zero-order valence-corrected chi connectivity index (χ0v) is 15.8. The van der Waals surface area contributed by atoms with Gasteiger partial charge in [-0.25, -0.2) is 4.98 Å². The molecule has 0 saturated carbocycles. The predicted molar refractivity (Wildman–Crippen MR) is 99.0 cm³/mol. The van der Waals surface area contributed by atoms with Gasteiger partial charge in [-0.3, -0.25) is 14.3 Å². The number of anilines is 2. The normalized spacial score (nSPS) is 13.2. The minimum absolute atomic E-state index is 0.00487. The summed E-state index contributed by atoms with van der Waals surface area (Å²) in [6.07, 6.45) is 1.55. The number of hydrogen-bond donors (Lipinski definition) is 2. The van der Waals surface area contributed by atoms with Gasteiger partial charge in [0.05, 0.1) is 23.5 Å². The summed E-state index contributed by atoms with van der Waals surface area (Å²) in [5.41, 5.74) is 3.99. The molecule has 3 heterocycles. The number of aromatic nitrogens is 3.